The van der Waals surface area contributed by atoms with Gasteiger partial charge >= 0.3 is 0 Å². The first-order valence-electron chi connectivity index (χ1n) is 31.5. The molecule has 7 amide bonds. The van der Waals surface area contributed by atoms with E-state index in [-0.39, 0.29) is 54.8 Å². The summed E-state index contributed by atoms with van der Waals surface area (Å²) in [6.45, 7) is 4.11. The Labute approximate surface area is 559 Å². The van der Waals surface area contributed by atoms with E-state index in [0.717, 1.165) is 91.0 Å². The maximum absolute atomic E-state index is 14.7. The minimum absolute atomic E-state index is 0.0252. The van der Waals surface area contributed by atoms with Crippen LogP contribution in [-0.2, 0) is 54.0 Å². The highest BCUT2D eigenvalue weighted by atomic mass is 32.2. The molecule has 2 aromatic heterocycles. The third kappa shape index (κ3) is 17.9. The molecule has 96 heavy (non-hydrogen) atoms. The summed E-state index contributed by atoms with van der Waals surface area (Å²) in [6, 6.07) is 6.84. The Morgan fingerprint density at radius 2 is 1.50 bits per heavy atom. The van der Waals surface area contributed by atoms with Crippen molar-refractivity contribution in [3.05, 3.63) is 84.1 Å². The number of nitrogens with two attached hydrogens (primary N) is 1. The van der Waals surface area contributed by atoms with Crippen molar-refractivity contribution in [2.75, 3.05) is 64.5 Å². The van der Waals surface area contributed by atoms with Crippen LogP contribution in [0.3, 0.4) is 0 Å². The van der Waals surface area contributed by atoms with Crippen molar-refractivity contribution in [3.8, 4) is 33.3 Å². The molecule has 0 aliphatic carbocycles. The van der Waals surface area contributed by atoms with Gasteiger partial charge in [-0.05, 0) is 99.7 Å². The molecule has 9 rings (SSSR count). The fraction of sp³-hybridized carbons (Fsp3) is 0.532. The van der Waals surface area contributed by atoms with E-state index < -0.39 is 158 Å². The number of carbonyl (C=O) groups is 7. The van der Waals surface area contributed by atoms with Gasteiger partial charge in [-0.1, -0.05) is 45.8 Å². The van der Waals surface area contributed by atoms with E-state index in [2.05, 4.69) is 53.0 Å². The van der Waals surface area contributed by atoms with Gasteiger partial charge in [0, 0.05) is 101 Å². The largest absolute Gasteiger partial charge is 0.504 e. The van der Waals surface area contributed by atoms with Crippen LogP contribution in [0.25, 0.3) is 26.8 Å². The van der Waals surface area contributed by atoms with Crippen molar-refractivity contribution in [1.82, 2.24) is 51.0 Å². The smallest absolute Gasteiger partial charge is 0.261 e. The number of nitrogens with one attached hydrogen (secondary N) is 5. The van der Waals surface area contributed by atoms with Crippen LogP contribution in [0, 0.1) is 5.92 Å². The summed E-state index contributed by atoms with van der Waals surface area (Å²) in [5.41, 5.74) is 9.12. The number of phenolic OH excluding ortho intramolecular Hbond substituents is 1. The maximum Gasteiger partial charge on any atom is 0.261 e. The minimum Gasteiger partial charge on any atom is -0.504 e. The quantitative estimate of drug-likeness (QED) is 0.0169. The molecule has 0 radical (unpaired) electrons. The Bertz CT molecular complexity index is 3460. The standard InChI is InChI=1S/C62H82N12O20S2/c1-32-29-73-52(53(32)81)58(86)64-28-39(76)26-42(65-54(82)36-9-7-35(8-10-36)43-31-74-62(66-43)95-59(70-74)37-11-13-38(14-12-37)71-20-17-41(18-21-71)91-23-5-4-22-90-3)55(83)67-49(33(2)75)60(87)72-30-40(77)27-44(72)56(84)68-50(57(85)69-51(61(73)88)46(79)16-19-63)47(80)24-34-6-15-45(78)48(25-34)92-96-94-93-89/h6-15,25,31-33,39-42,44,46-47,49-53,75-81,89H,4-5,16-24,26-30,63H2,1-3H3,(H,64,86)(H,65,82)(H,67,83)(H,68,84)(H,69,85)/t32-,33+,39+,40+,42+,44+,46-,47-,49+,50+,51+,52+,53+/m1/s1. The van der Waals surface area contributed by atoms with Gasteiger partial charge < -0.3 is 96.4 Å². The number of amides is 7. The molecule has 522 valence electrons. The Morgan fingerprint density at radius 3 is 2.19 bits per heavy atom. The lowest BCUT2D eigenvalue weighted by Crippen LogP contribution is -2.64. The number of β-amino-alcohol motifs (C(OH)–C–C–N with tert-alkyl or cyclic N) is 1. The van der Waals surface area contributed by atoms with Crippen molar-refractivity contribution in [1.29, 1.82) is 0 Å². The van der Waals surface area contributed by atoms with Crippen molar-refractivity contribution in [3.63, 3.8) is 0 Å². The van der Waals surface area contributed by atoms with Crippen LogP contribution in [0.5, 0.6) is 11.5 Å². The molecular weight excluding hydrogens is 1300 g/mol. The van der Waals surface area contributed by atoms with E-state index >= 15 is 0 Å². The number of phenols is 1. The number of hydrogen-bond acceptors (Lipinski definition) is 26. The van der Waals surface area contributed by atoms with Gasteiger partial charge in [0.25, 0.3) is 18.2 Å². The molecule has 4 aliphatic heterocycles. The number of ether oxygens (including phenoxy) is 2. The van der Waals surface area contributed by atoms with E-state index in [1.807, 2.05) is 12.1 Å². The molecule has 4 saturated heterocycles. The lowest BCUT2D eigenvalue weighted by Gasteiger charge is -2.34. The molecule has 6 heterocycles. The first kappa shape index (κ1) is 72.6. The molecule has 0 unspecified atom stereocenters. The molecule has 5 aromatic rings. The summed E-state index contributed by atoms with van der Waals surface area (Å²) in [7, 11) is 1.70. The third-order valence-corrected chi connectivity index (χ3v) is 18.7. The number of nitrogens with zero attached hydrogens (tertiary/aromatic N) is 6. The highest BCUT2D eigenvalue weighted by molar-refractivity contribution is 7.90. The Balaban J connectivity index is 0.938. The SMILES string of the molecule is COCCCCOC1CCN(c2ccc(-c3nn4cc(-c5ccc(C(=O)N[C@H]6C[C@H](O)CNC(=O)[C@@H]7[C@@H](O)[C@H](C)CN7C(=O)[C@H]([C@H](O)CCN)NC(=O)[C@H]([C@H](O)Cc7ccc(O)c(OSOOO)c7)NC(=O)[C@@H]7C[C@H](O)CN7C(=O)[C@H]([C@H](C)O)NC6=O)cc5)nc4s3)cc2)CC1. The van der Waals surface area contributed by atoms with E-state index in [1.54, 1.807) is 30.0 Å². The summed E-state index contributed by atoms with van der Waals surface area (Å²) in [5, 5.41) is 109. The monoisotopic (exact) mass is 1380 g/mol. The van der Waals surface area contributed by atoms with E-state index in [4.69, 9.17) is 34.7 Å². The van der Waals surface area contributed by atoms with E-state index in [0.29, 0.717) is 16.2 Å². The van der Waals surface area contributed by atoms with Gasteiger partial charge in [-0.25, -0.2) is 14.8 Å². The Hall–Kier alpha value is -7.68. The zero-order chi connectivity index (χ0) is 68.9. The highest BCUT2D eigenvalue weighted by Gasteiger charge is 2.50. The normalized spacial score (nSPS) is 25.5. The zero-order valence-electron chi connectivity index (χ0n) is 52.9. The summed E-state index contributed by atoms with van der Waals surface area (Å²) in [4.78, 5) is 111. The van der Waals surface area contributed by atoms with Gasteiger partial charge in [-0.2, -0.15) is 5.10 Å². The van der Waals surface area contributed by atoms with Crippen LogP contribution in [0.4, 0.5) is 5.69 Å². The molecule has 32 nitrogen and oxygen atoms in total. The molecule has 4 aliphatic rings. The van der Waals surface area contributed by atoms with Gasteiger partial charge in [0.15, 0.2) is 11.5 Å². The number of carbonyl (C=O) groups excluding carboxylic acids is 7. The number of methoxy groups -OCH3 is 1. The highest BCUT2D eigenvalue weighted by Crippen LogP contribution is 2.34. The Kier molecular flexibility index (Phi) is 25.3. The number of rotatable bonds is 22. The molecular formula is C62H82N12O20S2. The number of aliphatic hydroxyl groups excluding tert-OH is 6. The summed E-state index contributed by atoms with van der Waals surface area (Å²) >= 11 is 1.47. The summed E-state index contributed by atoms with van der Waals surface area (Å²) in [5.74, 6) is -9.32. The molecule has 34 heteroatoms. The molecule has 0 bridgehead atoms. The number of hydrogen-bond donors (Lipinski definition) is 14. The topological polar surface area (TPSA) is 454 Å². The average Bonchev–Trinajstić information content (AvgIpc) is 1.62. The second kappa shape index (κ2) is 33.5. The third-order valence-electron chi connectivity index (χ3n) is 17.4. The van der Waals surface area contributed by atoms with Gasteiger partial charge in [0.2, 0.25) is 40.4 Å². The van der Waals surface area contributed by atoms with Gasteiger partial charge in [0.05, 0.1) is 54.6 Å². The number of aromatic hydroxyl groups is 1. The molecule has 0 spiro atoms. The lowest BCUT2D eigenvalue weighted by molar-refractivity contribution is -0.433. The summed E-state index contributed by atoms with van der Waals surface area (Å²) < 4.78 is 22.2. The van der Waals surface area contributed by atoms with Crippen LogP contribution < -0.4 is 41.4 Å². The molecule has 0 saturated carbocycles. The zero-order valence-corrected chi connectivity index (χ0v) is 54.5. The fourth-order valence-corrected chi connectivity index (χ4v) is 13.3. The number of benzene rings is 3. The van der Waals surface area contributed by atoms with Crippen molar-refractivity contribution < 1.29 is 97.6 Å². The number of piperidine rings is 1. The number of unbranched alkanes of at least 4 members (excludes halogenated alkanes) is 1. The fourth-order valence-electron chi connectivity index (χ4n) is 12.1. The lowest BCUT2D eigenvalue weighted by atomic mass is 9.98. The maximum atomic E-state index is 14.7. The first-order chi connectivity index (χ1) is 46.0. The van der Waals surface area contributed by atoms with Crippen LogP contribution in [-0.4, -0.2) is 245 Å². The number of fused-ring (bicyclic) bond motifs is 3. The van der Waals surface area contributed by atoms with Crippen molar-refractivity contribution >= 4 is 75.7 Å². The molecule has 13 atom stereocenters. The predicted molar refractivity (Wildman–Crippen MR) is 344 cm³/mol. The van der Waals surface area contributed by atoms with Crippen LogP contribution in [0.15, 0.2) is 72.9 Å². The van der Waals surface area contributed by atoms with Crippen LogP contribution in [0.2, 0.25) is 0 Å². The van der Waals surface area contributed by atoms with Gasteiger partial charge in [-0.3, -0.25) is 33.6 Å². The second-order valence-corrected chi connectivity index (χ2v) is 25.7. The number of aliphatic hydroxyl groups is 6. The molecule has 4 fully saturated rings. The Morgan fingerprint density at radius 1 is 0.812 bits per heavy atom. The molecule has 3 aromatic carbocycles. The number of aromatic nitrogens is 3. The van der Waals surface area contributed by atoms with Crippen LogP contribution in [0.1, 0.15) is 74.7 Å². The van der Waals surface area contributed by atoms with E-state index in [9.17, 15) is 69.3 Å². The first-order valence-corrected chi connectivity index (χ1v) is 33.0. The van der Waals surface area contributed by atoms with Gasteiger partial charge in [-0.15, -0.1) is 0 Å². The van der Waals surface area contributed by atoms with Gasteiger partial charge in [0.1, 0.15) is 41.3 Å². The summed E-state index contributed by atoms with van der Waals surface area (Å²) in [6.07, 6.45) is -6.41. The number of imidazole rings is 1. The average molecular weight is 1380 g/mol. The predicted octanol–water partition coefficient (Wildman–Crippen LogP) is -1.10. The second-order valence-electron chi connectivity index (χ2n) is 24.3. The van der Waals surface area contributed by atoms with Crippen LogP contribution >= 0.6 is 23.7 Å². The molecule has 15 N–H and O–H groups in total. The van der Waals surface area contributed by atoms with E-state index in [1.165, 1.54) is 42.5 Å². The minimum atomic E-state index is -2.11. The number of anilines is 1. The van der Waals surface area contributed by atoms with Crippen molar-refractivity contribution in [2.24, 2.45) is 11.7 Å². The van der Waals surface area contributed by atoms with Crippen molar-refractivity contribution in [2.45, 2.75) is 144 Å².